The number of piperidine rings is 1. The molecule has 0 saturated carbocycles. The molecule has 0 spiro atoms. The van der Waals surface area contributed by atoms with E-state index in [4.69, 9.17) is 4.74 Å². The third kappa shape index (κ3) is 4.20. The summed E-state index contributed by atoms with van der Waals surface area (Å²) in [4.78, 5) is 19.1. The second-order valence-corrected chi connectivity index (χ2v) is 6.30. The van der Waals surface area contributed by atoms with Crippen molar-refractivity contribution >= 4 is 11.7 Å². The average molecular weight is 318 g/mol. The molecule has 126 valence electrons. The van der Waals surface area contributed by atoms with Gasteiger partial charge in [-0.15, -0.1) is 0 Å². The highest BCUT2D eigenvalue weighted by Crippen LogP contribution is 2.18. The van der Waals surface area contributed by atoms with Crippen molar-refractivity contribution < 1.29 is 9.53 Å². The molecule has 3 rings (SSSR count). The molecule has 0 radical (unpaired) electrons. The minimum Gasteiger partial charge on any atom is -0.375 e. The molecule has 0 aliphatic carbocycles. The molecule has 2 N–H and O–H groups in total. The Morgan fingerprint density at radius 3 is 3.04 bits per heavy atom. The summed E-state index contributed by atoms with van der Waals surface area (Å²) in [6.45, 7) is 5.98. The van der Waals surface area contributed by atoms with Crippen molar-refractivity contribution in [2.24, 2.45) is 0 Å². The highest BCUT2D eigenvalue weighted by molar-refractivity contribution is 5.82. The lowest BCUT2D eigenvalue weighted by Gasteiger charge is -2.29. The predicted molar refractivity (Wildman–Crippen MR) is 89.4 cm³/mol. The first-order valence-corrected chi connectivity index (χ1v) is 8.56. The summed E-state index contributed by atoms with van der Waals surface area (Å²) in [5.41, 5.74) is 1.08. The Bertz CT molecular complexity index is 531. The van der Waals surface area contributed by atoms with Gasteiger partial charge in [-0.2, -0.15) is 0 Å². The van der Waals surface area contributed by atoms with Crippen LogP contribution < -0.4 is 15.5 Å². The first-order valence-electron chi connectivity index (χ1n) is 8.56. The molecule has 1 aromatic rings. The van der Waals surface area contributed by atoms with Gasteiger partial charge in [0, 0.05) is 32.4 Å². The summed E-state index contributed by atoms with van der Waals surface area (Å²) < 4.78 is 5.52. The van der Waals surface area contributed by atoms with Gasteiger partial charge in [0.15, 0.2) is 0 Å². The third-order valence-electron chi connectivity index (χ3n) is 4.56. The van der Waals surface area contributed by atoms with Crippen LogP contribution in [0.15, 0.2) is 18.3 Å². The first-order chi connectivity index (χ1) is 11.2. The molecule has 2 fully saturated rings. The number of carbonyl (C=O) groups is 1. The molecule has 2 atom stereocenters. The number of anilines is 1. The number of rotatable bonds is 4. The van der Waals surface area contributed by atoms with Gasteiger partial charge in [0.1, 0.15) is 11.9 Å². The smallest absolute Gasteiger partial charge is 0.240 e. The van der Waals surface area contributed by atoms with Crippen molar-refractivity contribution in [2.45, 2.75) is 44.9 Å². The van der Waals surface area contributed by atoms with Crippen LogP contribution in [-0.4, -0.2) is 49.3 Å². The van der Waals surface area contributed by atoms with E-state index in [1.54, 1.807) is 0 Å². The van der Waals surface area contributed by atoms with E-state index in [9.17, 15) is 4.79 Å². The molecular weight excluding hydrogens is 292 g/mol. The molecule has 0 bridgehead atoms. The van der Waals surface area contributed by atoms with Gasteiger partial charge >= 0.3 is 0 Å². The Hall–Kier alpha value is -1.66. The van der Waals surface area contributed by atoms with Gasteiger partial charge in [0.25, 0.3) is 0 Å². The van der Waals surface area contributed by atoms with Crippen molar-refractivity contribution in [1.29, 1.82) is 0 Å². The van der Waals surface area contributed by atoms with Crippen molar-refractivity contribution in [3.63, 3.8) is 0 Å². The molecule has 6 nitrogen and oxygen atoms in total. The standard InChI is InChI=1S/C17H26N4O2/c1-13-16(19-7-10-23-13)17(22)20-12-14-5-6-18-15(11-14)21-8-3-2-4-9-21/h5-6,11,13,16,19H,2-4,7-10,12H2,1H3,(H,20,22)/t13-,16+/m1/s1. The number of aromatic nitrogens is 1. The Kier molecular flexibility index (Phi) is 5.46. The number of hydrogen-bond acceptors (Lipinski definition) is 5. The third-order valence-corrected chi connectivity index (χ3v) is 4.56. The summed E-state index contributed by atoms with van der Waals surface area (Å²) in [5.74, 6) is 1.01. The van der Waals surface area contributed by atoms with Crippen LogP contribution in [0.3, 0.4) is 0 Å². The zero-order chi connectivity index (χ0) is 16.1. The normalized spacial score (nSPS) is 25.2. The summed E-state index contributed by atoms with van der Waals surface area (Å²) in [5, 5.41) is 6.21. The van der Waals surface area contributed by atoms with E-state index in [0.29, 0.717) is 13.2 Å². The molecule has 1 aromatic heterocycles. The average Bonchev–Trinajstić information content (AvgIpc) is 2.61. The van der Waals surface area contributed by atoms with E-state index in [1.165, 1.54) is 19.3 Å². The van der Waals surface area contributed by atoms with Gasteiger partial charge in [-0.1, -0.05) is 0 Å². The Labute approximate surface area is 137 Å². The number of morpholine rings is 1. The maximum atomic E-state index is 12.3. The highest BCUT2D eigenvalue weighted by Gasteiger charge is 2.27. The van der Waals surface area contributed by atoms with Crippen molar-refractivity contribution in [1.82, 2.24) is 15.6 Å². The maximum absolute atomic E-state index is 12.3. The van der Waals surface area contributed by atoms with Gasteiger partial charge < -0.3 is 20.3 Å². The van der Waals surface area contributed by atoms with Gasteiger partial charge in [-0.3, -0.25) is 4.79 Å². The summed E-state index contributed by atoms with van der Waals surface area (Å²) in [6, 6.07) is 3.77. The molecule has 1 amide bonds. The molecule has 6 heteroatoms. The maximum Gasteiger partial charge on any atom is 0.240 e. The molecule has 0 unspecified atom stereocenters. The SMILES string of the molecule is C[C@H]1OCCN[C@@H]1C(=O)NCc1ccnc(N2CCCCC2)c1. The first kappa shape index (κ1) is 16.2. The summed E-state index contributed by atoms with van der Waals surface area (Å²) in [7, 11) is 0. The van der Waals surface area contributed by atoms with Crippen LogP contribution >= 0.6 is 0 Å². The Morgan fingerprint density at radius 2 is 2.26 bits per heavy atom. The lowest BCUT2D eigenvalue weighted by molar-refractivity contribution is -0.129. The monoisotopic (exact) mass is 318 g/mol. The van der Waals surface area contributed by atoms with Crippen LogP contribution in [-0.2, 0) is 16.1 Å². The van der Waals surface area contributed by atoms with Gasteiger partial charge in [0.05, 0.1) is 12.7 Å². The van der Waals surface area contributed by atoms with Crippen LogP contribution in [0.2, 0.25) is 0 Å². The number of nitrogens with zero attached hydrogens (tertiary/aromatic N) is 2. The van der Waals surface area contributed by atoms with Gasteiger partial charge in [0.2, 0.25) is 5.91 Å². The van der Waals surface area contributed by atoms with Crippen LogP contribution in [0.25, 0.3) is 0 Å². The number of hydrogen-bond donors (Lipinski definition) is 2. The van der Waals surface area contributed by atoms with Gasteiger partial charge in [-0.25, -0.2) is 4.98 Å². The lowest BCUT2D eigenvalue weighted by atomic mass is 10.1. The number of amides is 1. The van der Waals surface area contributed by atoms with Crippen LogP contribution in [0, 0.1) is 0 Å². The van der Waals surface area contributed by atoms with Crippen molar-refractivity contribution in [3.05, 3.63) is 23.9 Å². The van der Waals surface area contributed by atoms with E-state index >= 15 is 0 Å². The lowest BCUT2D eigenvalue weighted by Crippen LogP contribution is -2.55. The summed E-state index contributed by atoms with van der Waals surface area (Å²) >= 11 is 0. The Balaban J connectivity index is 1.56. The fourth-order valence-corrected chi connectivity index (χ4v) is 3.19. The van der Waals surface area contributed by atoms with E-state index in [0.717, 1.165) is 31.0 Å². The predicted octanol–water partition coefficient (Wildman–Crippen LogP) is 1.06. The molecule has 23 heavy (non-hydrogen) atoms. The highest BCUT2D eigenvalue weighted by atomic mass is 16.5. The number of carbonyl (C=O) groups excluding carboxylic acids is 1. The molecule has 2 saturated heterocycles. The fourth-order valence-electron chi connectivity index (χ4n) is 3.19. The van der Waals surface area contributed by atoms with Crippen LogP contribution in [0.4, 0.5) is 5.82 Å². The molecular formula is C17H26N4O2. The second-order valence-electron chi connectivity index (χ2n) is 6.30. The largest absolute Gasteiger partial charge is 0.375 e. The van der Waals surface area contributed by atoms with E-state index in [1.807, 2.05) is 19.2 Å². The van der Waals surface area contributed by atoms with E-state index in [-0.39, 0.29) is 18.1 Å². The molecule has 2 aliphatic heterocycles. The van der Waals surface area contributed by atoms with E-state index in [2.05, 4.69) is 26.6 Å². The second kappa shape index (κ2) is 7.75. The minimum absolute atomic E-state index is 0.00599. The number of nitrogens with one attached hydrogen (secondary N) is 2. The quantitative estimate of drug-likeness (QED) is 0.869. The van der Waals surface area contributed by atoms with Crippen molar-refractivity contribution in [3.8, 4) is 0 Å². The summed E-state index contributed by atoms with van der Waals surface area (Å²) in [6.07, 6.45) is 5.50. The van der Waals surface area contributed by atoms with E-state index < -0.39 is 0 Å². The zero-order valence-electron chi connectivity index (χ0n) is 13.8. The molecule has 0 aromatic carbocycles. The minimum atomic E-state index is -0.271. The number of ether oxygens (including phenoxy) is 1. The van der Waals surface area contributed by atoms with Crippen molar-refractivity contribution in [2.75, 3.05) is 31.1 Å². The van der Waals surface area contributed by atoms with Crippen LogP contribution in [0.5, 0.6) is 0 Å². The van der Waals surface area contributed by atoms with Crippen LogP contribution in [0.1, 0.15) is 31.7 Å². The molecule has 2 aliphatic rings. The fraction of sp³-hybridized carbons (Fsp3) is 0.647. The Morgan fingerprint density at radius 1 is 1.43 bits per heavy atom. The topological polar surface area (TPSA) is 66.5 Å². The number of pyridine rings is 1. The molecule has 3 heterocycles. The van der Waals surface area contributed by atoms with Gasteiger partial charge in [-0.05, 0) is 43.9 Å². The zero-order valence-corrected chi connectivity index (χ0v) is 13.8.